The fourth-order valence-electron chi connectivity index (χ4n) is 2.60. The highest BCUT2D eigenvalue weighted by atomic mass is 32.1. The zero-order valence-corrected chi connectivity index (χ0v) is 14.4. The molecule has 0 aliphatic rings. The van der Waals surface area contributed by atoms with Gasteiger partial charge in [0.2, 0.25) is 5.91 Å². The summed E-state index contributed by atoms with van der Waals surface area (Å²) in [5, 5.41) is 7.47. The van der Waals surface area contributed by atoms with Crippen LogP contribution in [0.1, 0.15) is 21.6 Å². The highest BCUT2D eigenvalue weighted by Gasteiger charge is 2.14. The molecule has 3 rings (SSSR count). The first-order chi connectivity index (χ1) is 11.5. The normalized spacial score (nSPS) is 10.8. The lowest BCUT2D eigenvalue weighted by molar-refractivity contribution is -0.120. The van der Waals surface area contributed by atoms with E-state index in [4.69, 9.17) is 0 Å². The fourth-order valence-corrected chi connectivity index (χ4v) is 3.45. The molecule has 1 aromatic carbocycles. The average Bonchev–Trinajstić information content (AvgIpc) is 3.14. The monoisotopic (exact) mass is 341 g/mol. The predicted molar refractivity (Wildman–Crippen MR) is 96.2 cm³/mol. The number of fused-ring (bicyclic) bond motifs is 1. The quantitative estimate of drug-likeness (QED) is 0.749. The largest absolute Gasteiger partial charge is 0.350 e. The first-order valence-corrected chi connectivity index (χ1v) is 8.56. The summed E-state index contributed by atoms with van der Waals surface area (Å²) < 4.78 is 2.90. The van der Waals surface area contributed by atoms with E-state index in [0.29, 0.717) is 12.2 Å². The molecule has 0 unspecified atom stereocenters. The third kappa shape index (κ3) is 3.49. The number of hydrogen-bond donors (Lipinski definition) is 2. The molecule has 124 valence electrons. The first kappa shape index (κ1) is 16.3. The Morgan fingerprint density at radius 2 is 2.00 bits per heavy atom. The molecule has 3 aromatic rings. The van der Waals surface area contributed by atoms with Crippen LogP contribution in [0.4, 0.5) is 0 Å². The number of nitrogens with zero attached hydrogens (tertiary/aromatic N) is 1. The number of aryl methyl sites for hydroxylation is 2. The van der Waals surface area contributed by atoms with Crippen LogP contribution in [0.2, 0.25) is 0 Å². The SMILES string of the molecule is Cc1cccc(CNC(=O)CNC(=O)c2cc3sccc3n2C)c1. The van der Waals surface area contributed by atoms with Crippen molar-refractivity contribution >= 4 is 33.4 Å². The van der Waals surface area contributed by atoms with Crippen molar-refractivity contribution in [3.05, 3.63) is 58.6 Å². The van der Waals surface area contributed by atoms with Crippen LogP contribution in [-0.2, 0) is 18.4 Å². The van der Waals surface area contributed by atoms with E-state index in [9.17, 15) is 9.59 Å². The van der Waals surface area contributed by atoms with Crippen LogP contribution < -0.4 is 10.6 Å². The molecule has 6 heteroatoms. The van der Waals surface area contributed by atoms with Crippen LogP contribution in [0.3, 0.4) is 0 Å². The lowest BCUT2D eigenvalue weighted by Crippen LogP contribution is -2.37. The molecule has 24 heavy (non-hydrogen) atoms. The summed E-state index contributed by atoms with van der Waals surface area (Å²) in [6.07, 6.45) is 0. The molecule has 0 atom stereocenters. The van der Waals surface area contributed by atoms with Gasteiger partial charge < -0.3 is 15.2 Å². The first-order valence-electron chi connectivity index (χ1n) is 7.68. The Bertz CT molecular complexity index is 895. The number of aromatic nitrogens is 1. The number of carbonyl (C=O) groups excluding carboxylic acids is 2. The molecule has 2 amide bonds. The fraction of sp³-hybridized carbons (Fsp3) is 0.222. The molecule has 2 aromatic heterocycles. The van der Waals surface area contributed by atoms with Gasteiger partial charge in [0.05, 0.1) is 16.8 Å². The average molecular weight is 341 g/mol. The summed E-state index contributed by atoms with van der Waals surface area (Å²) in [6, 6.07) is 11.8. The Kier molecular flexibility index (Phi) is 4.66. The van der Waals surface area contributed by atoms with Gasteiger partial charge in [-0.3, -0.25) is 9.59 Å². The maximum atomic E-state index is 12.2. The van der Waals surface area contributed by atoms with Gasteiger partial charge in [-0.1, -0.05) is 29.8 Å². The van der Waals surface area contributed by atoms with E-state index in [2.05, 4.69) is 10.6 Å². The van der Waals surface area contributed by atoms with E-state index in [1.165, 1.54) is 0 Å². The van der Waals surface area contributed by atoms with Crippen LogP contribution in [0.25, 0.3) is 10.2 Å². The van der Waals surface area contributed by atoms with E-state index in [1.54, 1.807) is 11.3 Å². The molecular formula is C18H19N3O2S. The molecule has 0 saturated carbocycles. The van der Waals surface area contributed by atoms with E-state index in [-0.39, 0.29) is 18.4 Å². The van der Waals surface area contributed by atoms with E-state index < -0.39 is 0 Å². The van der Waals surface area contributed by atoms with Gasteiger partial charge in [-0.2, -0.15) is 0 Å². The van der Waals surface area contributed by atoms with Gasteiger partial charge in [-0.05, 0) is 30.0 Å². The molecule has 0 fully saturated rings. The van der Waals surface area contributed by atoms with E-state index >= 15 is 0 Å². The standard InChI is InChI=1S/C18H19N3O2S/c1-12-4-3-5-13(8-12)10-19-17(22)11-20-18(23)15-9-16-14(21(15)2)6-7-24-16/h3-9H,10-11H2,1-2H3,(H,19,22)(H,20,23). The third-order valence-corrected chi connectivity index (χ3v) is 4.73. The number of amides is 2. The Hall–Kier alpha value is -2.60. The lowest BCUT2D eigenvalue weighted by Gasteiger charge is -2.08. The molecule has 0 radical (unpaired) electrons. The molecule has 2 heterocycles. The molecule has 2 N–H and O–H groups in total. The minimum absolute atomic E-state index is 0.0382. The second-order valence-corrected chi connectivity index (χ2v) is 6.65. The highest BCUT2D eigenvalue weighted by Crippen LogP contribution is 2.23. The van der Waals surface area contributed by atoms with Crippen LogP contribution >= 0.6 is 11.3 Å². The number of carbonyl (C=O) groups is 2. The zero-order valence-electron chi connectivity index (χ0n) is 13.6. The summed E-state index contributed by atoms with van der Waals surface area (Å²) in [5.74, 6) is -0.451. The van der Waals surface area contributed by atoms with Gasteiger partial charge >= 0.3 is 0 Å². The number of thiophene rings is 1. The summed E-state index contributed by atoms with van der Waals surface area (Å²) in [5.41, 5.74) is 3.77. The maximum Gasteiger partial charge on any atom is 0.268 e. The van der Waals surface area contributed by atoms with Crippen LogP contribution in [0.5, 0.6) is 0 Å². The molecule has 0 bridgehead atoms. The van der Waals surface area contributed by atoms with Crippen molar-refractivity contribution in [3.63, 3.8) is 0 Å². The van der Waals surface area contributed by atoms with Crippen LogP contribution in [0.15, 0.2) is 41.8 Å². The van der Waals surface area contributed by atoms with Crippen molar-refractivity contribution in [2.24, 2.45) is 7.05 Å². The molecule has 0 saturated heterocycles. The maximum absolute atomic E-state index is 12.2. The summed E-state index contributed by atoms with van der Waals surface area (Å²) in [4.78, 5) is 24.2. The highest BCUT2D eigenvalue weighted by molar-refractivity contribution is 7.17. The van der Waals surface area contributed by atoms with E-state index in [0.717, 1.165) is 21.3 Å². The molecular weight excluding hydrogens is 322 g/mol. The Morgan fingerprint density at radius 1 is 1.17 bits per heavy atom. The van der Waals surface area contributed by atoms with Gasteiger partial charge in [0, 0.05) is 13.6 Å². The van der Waals surface area contributed by atoms with Crippen LogP contribution in [-0.4, -0.2) is 22.9 Å². The van der Waals surface area contributed by atoms with Gasteiger partial charge in [0.25, 0.3) is 5.91 Å². The Labute approximate surface area is 144 Å². The molecule has 0 aliphatic carbocycles. The van der Waals surface area contributed by atoms with E-state index in [1.807, 2.05) is 60.3 Å². The van der Waals surface area contributed by atoms with Crippen molar-refractivity contribution in [2.45, 2.75) is 13.5 Å². The number of hydrogen-bond acceptors (Lipinski definition) is 3. The predicted octanol–water partition coefficient (Wildman–Crippen LogP) is 2.59. The molecule has 5 nitrogen and oxygen atoms in total. The number of benzene rings is 1. The van der Waals surface area contributed by atoms with Gasteiger partial charge in [0.1, 0.15) is 5.69 Å². The van der Waals surface area contributed by atoms with Crippen molar-refractivity contribution in [1.29, 1.82) is 0 Å². The van der Waals surface area contributed by atoms with Crippen molar-refractivity contribution in [2.75, 3.05) is 6.54 Å². The second kappa shape index (κ2) is 6.88. The van der Waals surface area contributed by atoms with Gasteiger partial charge in [-0.25, -0.2) is 0 Å². The summed E-state index contributed by atoms with van der Waals surface area (Å²) in [7, 11) is 1.85. The Morgan fingerprint density at radius 3 is 2.75 bits per heavy atom. The summed E-state index contributed by atoms with van der Waals surface area (Å²) in [6.45, 7) is 2.43. The molecule has 0 spiro atoms. The third-order valence-electron chi connectivity index (χ3n) is 3.88. The zero-order chi connectivity index (χ0) is 17.1. The minimum Gasteiger partial charge on any atom is -0.350 e. The lowest BCUT2D eigenvalue weighted by atomic mass is 10.1. The van der Waals surface area contributed by atoms with Crippen molar-refractivity contribution in [1.82, 2.24) is 15.2 Å². The van der Waals surface area contributed by atoms with Crippen LogP contribution in [0, 0.1) is 6.92 Å². The van der Waals surface area contributed by atoms with Gasteiger partial charge in [0.15, 0.2) is 0 Å². The van der Waals surface area contributed by atoms with Crippen molar-refractivity contribution in [3.8, 4) is 0 Å². The Balaban J connectivity index is 1.53. The van der Waals surface area contributed by atoms with Gasteiger partial charge in [-0.15, -0.1) is 11.3 Å². The minimum atomic E-state index is -0.244. The number of nitrogens with one attached hydrogen (secondary N) is 2. The van der Waals surface area contributed by atoms with Crippen molar-refractivity contribution < 1.29 is 9.59 Å². The smallest absolute Gasteiger partial charge is 0.268 e. The second-order valence-electron chi connectivity index (χ2n) is 5.71. The topological polar surface area (TPSA) is 63.1 Å². The number of rotatable bonds is 5. The summed E-state index contributed by atoms with van der Waals surface area (Å²) >= 11 is 1.59. The molecule has 0 aliphatic heterocycles.